The van der Waals surface area contributed by atoms with E-state index in [0.717, 1.165) is 11.5 Å². The van der Waals surface area contributed by atoms with Crippen molar-refractivity contribution in [2.45, 2.75) is 12.8 Å². The standard InChI is InChI=1S/C5H8OS2/c6-5-7-3-1-2-4-8-5/h1-4H2. The molecule has 0 aromatic rings. The van der Waals surface area contributed by atoms with Gasteiger partial charge in [0.15, 0.2) is 0 Å². The molecular formula is C5H8OS2. The predicted octanol–water partition coefficient (Wildman–Crippen LogP) is 2.37. The molecule has 0 saturated carbocycles. The van der Waals surface area contributed by atoms with E-state index < -0.39 is 0 Å². The number of hydrogen-bond donors (Lipinski definition) is 0. The second-order valence-electron chi connectivity index (χ2n) is 1.65. The van der Waals surface area contributed by atoms with Gasteiger partial charge in [-0.05, 0) is 12.8 Å². The Morgan fingerprint density at radius 1 is 1.12 bits per heavy atom. The largest absolute Gasteiger partial charge is 0.274 e. The molecule has 1 aliphatic heterocycles. The molecule has 1 rings (SSSR count). The van der Waals surface area contributed by atoms with Gasteiger partial charge in [0.25, 0.3) is 0 Å². The van der Waals surface area contributed by atoms with Crippen LogP contribution >= 0.6 is 23.5 Å². The molecule has 0 aromatic heterocycles. The van der Waals surface area contributed by atoms with Gasteiger partial charge in [-0.25, -0.2) is 0 Å². The van der Waals surface area contributed by atoms with Crippen LogP contribution in [-0.2, 0) is 0 Å². The molecule has 3 heteroatoms. The molecule has 0 N–H and O–H groups in total. The van der Waals surface area contributed by atoms with E-state index in [0.29, 0.717) is 4.45 Å². The van der Waals surface area contributed by atoms with Crippen LogP contribution in [0.2, 0.25) is 0 Å². The summed E-state index contributed by atoms with van der Waals surface area (Å²) < 4.78 is 0.308. The Hall–Kier alpha value is 0.370. The van der Waals surface area contributed by atoms with Gasteiger partial charge < -0.3 is 0 Å². The average molecular weight is 148 g/mol. The van der Waals surface area contributed by atoms with Crippen LogP contribution in [0, 0.1) is 0 Å². The molecule has 0 atom stereocenters. The van der Waals surface area contributed by atoms with Crippen molar-refractivity contribution in [2.75, 3.05) is 11.5 Å². The maximum atomic E-state index is 10.6. The van der Waals surface area contributed by atoms with Crippen molar-refractivity contribution in [2.24, 2.45) is 0 Å². The van der Waals surface area contributed by atoms with E-state index in [1.165, 1.54) is 36.4 Å². The van der Waals surface area contributed by atoms with Crippen molar-refractivity contribution < 1.29 is 4.79 Å². The minimum absolute atomic E-state index is 0.308. The summed E-state index contributed by atoms with van der Waals surface area (Å²) >= 11 is 2.93. The van der Waals surface area contributed by atoms with Gasteiger partial charge >= 0.3 is 0 Å². The Morgan fingerprint density at radius 3 is 2.12 bits per heavy atom. The Labute approximate surface area is 57.6 Å². The first kappa shape index (κ1) is 6.49. The van der Waals surface area contributed by atoms with Crippen LogP contribution in [0.1, 0.15) is 12.8 Å². The smallest absolute Gasteiger partial charge is 0.246 e. The molecular weight excluding hydrogens is 140 g/mol. The molecule has 1 aliphatic rings. The summed E-state index contributed by atoms with van der Waals surface area (Å²) in [6.07, 6.45) is 2.42. The van der Waals surface area contributed by atoms with E-state index >= 15 is 0 Å². The Morgan fingerprint density at radius 2 is 1.62 bits per heavy atom. The fourth-order valence-electron chi connectivity index (χ4n) is 0.557. The van der Waals surface area contributed by atoms with Crippen LogP contribution in [0.3, 0.4) is 0 Å². The van der Waals surface area contributed by atoms with E-state index in [1.807, 2.05) is 0 Å². The van der Waals surface area contributed by atoms with E-state index in [2.05, 4.69) is 0 Å². The first-order chi connectivity index (χ1) is 3.89. The topological polar surface area (TPSA) is 17.1 Å². The SMILES string of the molecule is O=C1SCCCCS1. The zero-order chi connectivity index (χ0) is 5.82. The molecule has 1 heterocycles. The molecule has 0 aromatic carbocycles. The van der Waals surface area contributed by atoms with Crippen molar-refractivity contribution in [1.82, 2.24) is 0 Å². The molecule has 0 unspecified atom stereocenters. The van der Waals surface area contributed by atoms with Crippen molar-refractivity contribution in [1.29, 1.82) is 0 Å². The first-order valence-electron chi connectivity index (χ1n) is 2.69. The molecule has 0 radical (unpaired) electrons. The molecule has 1 saturated heterocycles. The molecule has 1 nitrogen and oxygen atoms in total. The zero-order valence-corrected chi connectivity index (χ0v) is 6.19. The maximum Gasteiger partial charge on any atom is 0.246 e. The van der Waals surface area contributed by atoms with Crippen LogP contribution in [0.25, 0.3) is 0 Å². The predicted molar refractivity (Wildman–Crippen MR) is 39.5 cm³/mol. The van der Waals surface area contributed by atoms with E-state index in [1.54, 1.807) is 0 Å². The van der Waals surface area contributed by atoms with Crippen molar-refractivity contribution in [3.8, 4) is 0 Å². The molecule has 46 valence electrons. The fourth-order valence-corrected chi connectivity index (χ4v) is 2.42. The molecule has 0 spiro atoms. The molecule has 0 amide bonds. The van der Waals surface area contributed by atoms with Crippen molar-refractivity contribution in [3.05, 3.63) is 0 Å². The Bertz CT molecular complexity index is 82.4. The van der Waals surface area contributed by atoms with E-state index in [4.69, 9.17) is 0 Å². The summed E-state index contributed by atoms with van der Waals surface area (Å²) in [5.74, 6) is 2.07. The first-order valence-corrected chi connectivity index (χ1v) is 4.66. The number of carbonyl (C=O) groups excluding carboxylic acids is 1. The summed E-state index contributed by atoms with van der Waals surface area (Å²) in [6.45, 7) is 0. The van der Waals surface area contributed by atoms with E-state index in [9.17, 15) is 4.79 Å². The second-order valence-corrected chi connectivity index (χ2v) is 4.05. The monoisotopic (exact) mass is 148 g/mol. The highest BCUT2D eigenvalue weighted by molar-refractivity contribution is 8.38. The normalized spacial score (nSPS) is 22.8. The lowest BCUT2D eigenvalue weighted by molar-refractivity contribution is 0.276. The second kappa shape index (κ2) is 3.41. The van der Waals surface area contributed by atoms with Gasteiger partial charge in [0, 0.05) is 11.5 Å². The maximum absolute atomic E-state index is 10.6. The Balaban J connectivity index is 2.27. The highest BCUT2D eigenvalue weighted by atomic mass is 32.2. The van der Waals surface area contributed by atoms with Crippen molar-refractivity contribution in [3.63, 3.8) is 0 Å². The summed E-state index contributed by atoms with van der Waals surface area (Å²) in [4.78, 5) is 10.6. The quantitative estimate of drug-likeness (QED) is 0.525. The van der Waals surface area contributed by atoms with Crippen LogP contribution in [0.5, 0.6) is 0 Å². The van der Waals surface area contributed by atoms with Gasteiger partial charge in [0.2, 0.25) is 4.45 Å². The van der Waals surface area contributed by atoms with Crippen LogP contribution < -0.4 is 0 Å². The zero-order valence-electron chi connectivity index (χ0n) is 4.55. The summed E-state index contributed by atoms with van der Waals surface area (Å²) in [5.41, 5.74) is 0. The van der Waals surface area contributed by atoms with Gasteiger partial charge in [0.05, 0.1) is 0 Å². The molecule has 8 heavy (non-hydrogen) atoms. The molecule has 1 fully saturated rings. The average Bonchev–Trinajstić information content (AvgIpc) is 1.94. The highest BCUT2D eigenvalue weighted by Crippen LogP contribution is 2.23. The lowest BCUT2D eigenvalue weighted by atomic mass is 10.4. The number of carbonyl (C=O) groups is 1. The van der Waals surface area contributed by atoms with Crippen molar-refractivity contribution >= 4 is 28.0 Å². The number of rotatable bonds is 0. The van der Waals surface area contributed by atoms with Crippen LogP contribution in [0.15, 0.2) is 0 Å². The van der Waals surface area contributed by atoms with Gasteiger partial charge in [0.1, 0.15) is 0 Å². The third kappa shape index (κ3) is 2.09. The Kier molecular flexibility index (Phi) is 2.76. The molecule has 0 aliphatic carbocycles. The third-order valence-corrected chi connectivity index (χ3v) is 3.14. The molecule has 0 bridgehead atoms. The third-order valence-electron chi connectivity index (χ3n) is 0.979. The van der Waals surface area contributed by atoms with Gasteiger partial charge in [-0.1, -0.05) is 23.5 Å². The number of hydrogen-bond acceptors (Lipinski definition) is 3. The van der Waals surface area contributed by atoms with Crippen LogP contribution in [-0.4, -0.2) is 16.0 Å². The lowest BCUT2D eigenvalue weighted by Crippen LogP contribution is -1.76. The minimum Gasteiger partial charge on any atom is -0.274 e. The van der Waals surface area contributed by atoms with Crippen LogP contribution in [0.4, 0.5) is 4.79 Å². The number of thioether (sulfide) groups is 2. The van der Waals surface area contributed by atoms with Gasteiger partial charge in [-0.2, -0.15) is 0 Å². The highest BCUT2D eigenvalue weighted by Gasteiger charge is 2.06. The van der Waals surface area contributed by atoms with Gasteiger partial charge in [-0.3, -0.25) is 4.79 Å². The van der Waals surface area contributed by atoms with E-state index in [-0.39, 0.29) is 0 Å². The summed E-state index contributed by atoms with van der Waals surface area (Å²) in [7, 11) is 0. The van der Waals surface area contributed by atoms with Gasteiger partial charge in [-0.15, -0.1) is 0 Å². The summed E-state index contributed by atoms with van der Waals surface area (Å²) in [6, 6.07) is 0. The summed E-state index contributed by atoms with van der Waals surface area (Å²) in [5, 5.41) is 0. The fraction of sp³-hybridized carbons (Fsp3) is 0.800. The minimum atomic E-state index is 0.308. The lowest BCUT2D eigenvalue weighted by Gasteiger charge is -1.86.